The Kier molecular flexibility index (Phi) is 6.53. The molecule has 0 amide bonds. The summed E-state index contributed by atoms with van der Waals surface area (Å²) in [7, 11) is 0. The quantitative estimate of drug-likeness (QED) is 0.175. The number of fused-ring (bicyclic) bond motifs is 8. The Morgan fingerprint density at radius 3 is 1.68 bits per heavy atom. The van der Waals surface area contributed by atoms with E-state index in [0.717, 1.165) is 44.4 Å². The van der Waals surface area contributed by atoms with E-state index in [2.05, 4.69) is 193 Å². The third-order valence-corrected chi connectivity index (χ3v) is 10.0. The molecule has 2 heteroatoms. The molecule has 50 heavy (non-hydrogen) atoms. The maximum atomic E-state index is 6.68. The summed E-state index contributed by atoms with van der Waals surface area (Å²) in [5.41, 5.74) is 9.88. The molecule has 0 spiro atoms. The summed E-state index contributed by atoms with van der Waals surface area (Å²) in [6.07, 6.45) is 0. The second-order valence-corrected chi connectivity index (χ2v) is 12.9. The summed E-state index contributed by atoms with van der Waals surface area (Å²) < 4.78 is 6.68. The van der Waals surface area contributed by atoms with Crippen LogP contribution in [0.4, 0.5) is 17.1 Å². The molecule has 0 aliphatic rings. The van der Waals surface area contributed by atoms with Crippen molar-refractivity contribution in [2.24, 2.45) is 0 Å². The molecule has 1 aromatic heterocycles. The molecule has 0 N–H and O–H groups in total. The highest BCUT2D eigenvalue weighted by Crippen LogP contribution is 2.45. The smallest absolute Gasteiger partial charge is 0.143 e. The highest BCUT2D eigenvalue weighted by atomic mass is 16.3. The summed E-state index contributed by atoms with van der Waals surface area (Å²) in [6.45, 7) is 0. The van der Waals surface area contributed by atoms with Gasteiger partial charge in [-0.15, -0.1) is 0 Å². The van der Waals surface area contributed by atoms with E-state index in [1.165, 1.54) is 49.2 Å². The van der Waals surface area contributed by atoms with Gasteiger partial charge in [0.05, 0.1) is 5.69 Å². The van der Waals surface area contributed by atoms with E-state index in [1.54, 1.807) is 0 Å². The molecule has 0 fully saturated rings. The Balaban J connectivity index is 1.24. The molecule has 0 atom stereocenters. The van der Waals surface area contributed by atoms with E-state index >= 15 is 0 Å². The second kappa shape index (κ2) is 11.5. The zero-order chi connectivity index (χ0) is 33.0. The van der Waals surface area contributed by atoms with Crippen molar-refractivity contribution < 1.29 is 4.42 Å². The van der Waals surface area contributed by atoms with Crippen molar-refractivity contribution in [1.82, 2.24) is 0 Å². The van der Waals surface area contributed by atoms with Crippen molar-refractivity contribution in [1.29, 1.82) is 0 Å². The van der Waals surface area contributed by atoms with E-state index in [9.17, 15) is 0 Å². The molecule has 9 aromatic carbocycles. The van der Waals surface area contributed by atoms with Crippen LogP contribution in [0.1, 0.15) is 0 Å². The van der Waals surface area contributed by atoms with Gasteiger partial charge in [0.25, 0.3) is 0 Å². The fraction of sp³-hybridized carbons (Fsp3) is 0. The van der Waals surface area contributed by atoms with Crippen LogP contribution in [0.2, 0.25) is 0 Å². The second-order valence-electron chi connectivity index (χ2n) is 12.9. The van der Waals surface area contributed by atoms with Gasteiger partial charge in [0.2, 0.25) is 0 Å². The van der Waals surface area contributed by atoms with Crippen molar-refractivity contribution in [2.75, 3.05) is 4.90 Å². The molecule has 10 rings (SSSR count). The van der Waals surface area contributed by atoms with Crippen LogP contribution in [0.5, 0.6) is 0 Å². The standard InChI is InChI=1S/C48H31NO/c1-3-13-32(14-4-1)33-23-25-36(26-24-33)49(46-29-35-17-7-8-18-38(35)39-19-9-11-21-41(39)46)37-27-28-47-44(30-37)45-31-43(34-15-5-2-6-16-34)40-20-10-12-22-42(40)48(45)50-47/h1-31H. The van der Waals surface area contributed by atoms with Crippen molar-refractivity contribution in [2.45, 2.75) is 0 Å². The average molecular weight is 638 g/mol. The van der Waals surface area contributed by atoms with E-state index in [4.69, 9.17) is 4.42 Å². The maximum absolute atomic E-state index is 6.68. The lowest BCUT2D eigenvalue weighted by Gasteiger charge is -2.28. The maximum Gasteiger partial charge on any atom is 0.143 e. The summed E-state index contributed by atoms with van der Waals surface area (Å²) in [5, 5.41) is 9.42. The number of furan rings is 1. The Morgan fingerprint density at radius 1 is 0.340 bits per heavy atom. The minimum atomic E-state index is 0.877. The van der Waals surface area contributed by atoms with Gasteiger partial charge in [-0.2, -0.15) is 0 Å². The number of anilines is 3. The molecule has 0 saturated heterocycles. The lowest BCUT2D eigenvalue weighted by atomic mass is 9.95. The average Bonchev–Trinajstić information content (AvgIpc) is 3.57. The van der Waals surface area contributed by atoms with Gasteiger partial charge in [-0.05, 0) is 86.3 Å². The highest BCUT2D eigenvalue weighted by Gasteiger charge is 2.20. The monoisotopic (exact) mass is 637 g/mol. The topological polar surface area (TPSA) is 16.4 Å². The van der Waals surface area contributed by atoms with Gasteiger partial charge < -0.3 is 9.32 Å². The number of hydrogen-bond donors (Lipinski definition) is 0. The number of benzene rings is 9. The van der Waals surface area contributed by atoms with Gasteiger partial charge in [-0.25, -0.2) is 0 Å². The van der Waals surface area contributed by atoms with E-state index < -0.39 is 0 Å². The third-order valence-electron chi connectivity index (χ3n) is 10.0. The van der Waals surface area contributed by atoms with Crippen LogP contribution in [-0.4, -0.2) is 0 Å². The first-order valence-corrected chi connectivity index (χ1v) is 17.1. The van der Waals surface area contributed by atoms with Gasteiger partial charge >= 0.3 is 0 Å². The zero-order valence-electron chi connectivity index (χ0n) is 27.3. The largest absolute Gasteiger partial charge is 0.455 e. The van der Waals surface area contributed by atoms with Crippen LogP contribution in [0.3, 0.4) is 0 Å². The van der Waals surface area contributed by atoms with Crippen LogP contribution in [0, 0.1) is 0 Å². The molecule has 1 heterocycles. The summed E-state index contributed by atoms with van der Waals surface area (Å²) >= 11 is 0. The van der Waals surface area contributed by atoms with Gasteiger partial charge in [-0.1, -0.05) is 146 Å². The van der Waals surface area contributed by atoms with E-state index in [0.29, 0.717) is 0 Å². The molecule has 0 saturated carbocycles. The lowest BCUT2D eigenvalue weighted by molar-refractivity contribution is 0.672. The molecule has 0 bridgehead atoms. The van der Waals surface area contributed by atoms with Crippen molar-refractivity contribution in [3.8, 4) is 22.3 Å². The van der Waals surface area contributed by atoms with E-state index in [-0.39, 0.29) is 0 Å². The predicted octanol–water partition coefficient (Wildman–Crippen LogP) is 13.8. The molecular formula is C48H31NO. The molecule has 0 radical (unpaired) electrons. The minimum Gasteiger partial charge on any atom is -0.455 e. The van der Waals surface area contributed by atoms with E-state index in [1.807, 2.05) is 0 Å². The molecule has 234 valence electrons. The van der Waals surface area contributed by atoms with Gasteiger partial charge in [-0.3, -0.25) is 0 Å². The SMILES string of the molecule is c1ccc(-c2ccc(N(c3ccc4oc5c6ccccc6c(-c6ccccc6)cc5c4c3)c3cc4ccccc4c4ccccc34)cc2)cc1. The first-order chi connectivity index (χ1) is 24.8. The predicted molar refractivity (Wildman–Crippen MR) is 212 cm³/mol. The zero-order valence-corrected chi connectivity index (χ0v) is 27.3. The van der Waals surface area contributed by atoms with Gasteiger partial charge in [0.1, 0.15) is 11.2 Å². The summed E-state index contributed by atoms with van der Waals surface area (Å²) in [6, 6.07) is 67.5. The van der Waals surface area contributed by atoms with Crippen LogP contribution < -0.4 is 4.90 Å². The van der Waals surface area contributed by atoms with Crippen molar-refractivity contribution in [3.05, 3.63) is 188 Å². The molecule has 0 aliphatic carbocycles. The van der Waals surface area contributed by atoms with Crippen molar-refractivity contribution in [3.63, 3.8) is 0 Å². The summed E-state index contributed by atoms with van der Waals surface area (Å²) in [5.74, 6) is 0. The molecule has 0 aliphatic heterocycles. The third kappa shape index (κ3) is 4.57. The molecule has 10 aromatic rings. The number of nitrogens with zero attached hydrogens (tertiary/aromatic N) is 1. The Hall–Kier alpha value is -6.64. The first kappa shape index (κ1) is 28.4. The van der Waals surface area contributed by atoms with Crippen molar-refractivity contribution >= 4 is 71.3 Å². The molecule has 0 unspecified atom stereocenters. The normalized spacial score (nSPS) is 11.6. The Bertz CT molecular complexity index is 2850. The summed E-state index contributed by atoms with van der Waals surface area (Å²) in [4.78, 5) is 2.40. The van der Waals surface area contributed by atoms with Crippen LogP contribution in [0.15, 0.2) is 192 Å². The highest BCUT2D eigenvalue weighted by molar-refractivity contribution is 6.20. The number of hydrogen-bond acceptors (Lipinski definition) is 2. The van der Waals surface area contributed by atoms with Crippen LogP contribution >= 0.6 is 0 Å². The minimum absolute atomic E-state index is 0.877. The fourth-order valence-electron chi connectivity index (χ4n) is 7.66. The Morgan fingerprint density at radius 2 is 0.920 bits per heavy atom. The fourth-order valence-corrected chi connectivity index (χ4v) is 7.66. The molecular weight excluding hydrogens is 607 g/mol. The number of rotatable bonds is 5. The van der Waals surface area contributed by atoms with Crippen LogP contribution in [0.25, 0.3) is 76.5 Å². The van der Waals surface area contributed by atoms with Crippen LogP contribution in [-0.2, 0) is 0 Å². The van der Waals surface area contributed by atoms with Gasteiger partial charge in [0.15, 0.2) is 0 Å². The van der Waals surface area contributed by atoms with Gasteiger partial charge in [0, 0.05) is 32.9 Å². The Labute approximate surface area is 290 Å². The molecule has 2 nitrogen and oxygen atoms in total. The lowest BCUT2D eigenvalue weighted by Crippen LogP contribution is -2.10. The first-order valence-electron chi connectivity index (χ1n) is 17.1.